The molecule has 0 N–H and O–H groups in total. The largest absolute Gasteiger partial charge is 0.393 e. The van der Waals surface area contributed by atoms with Gasteiger partial charge in [-0.2, -0.15) is 26.3 Å². The Balaban J connectivity index is 5.71. The van der Waals surface area contributed by atoms with Crippen LogP contribution in [0.15, 0.2) is 0 Å². The zero-order valence-electron chi connectivity index (χ0n) is 41.6. The highest BCUT2D eigenvalue weighted by molar-refractivity contribution is 5.90. The maximum absolute atomic E-state index is 15.8. The van der Waals surface area contributed by atoms with Crippen LogP contribution in [0, 0.1) is 0 Å². The molecule has 0 rings (SSSR count). The molecular weight excluding hydrogens is 811 g/mol. The summed E-state index contributed by atoms with van der Waals surface area (Å²) in [5.41, 5.74) is 0. The highest BCUT2D eigenvalue weighted by Crippen LogP contribution is 2.47. The minimum Gasteiger partial charge on any atom is -0.337 e. The van der Waals surface area contributed by atoms with E-state index in [-0.39, 0.29) is 26.2 Å². The van der Waals surface area contributed by atoms with Crippen LogP contribution in [0.4, 0.5) is 26.3 Å². The summed E-state index contributed by atoms with van der Waals surface area (Å²) in [6.07, 6.45) is 38.6. The third-order valence-electron chi connectivity index (χ3n) is 13.0. The minimum atomic E-state index is -6.20. The molecule has 0 spiro atoms. The summed E-state index contributed by atoms with van der Waals surface area (Å²) in [5.74, 6) is -22.3. The second-order valence-electron chi connectivity index (χ2n) is 19.0. The smallest absolute Gasteiger partial charge is 0.337 e. The number of carbonyl (C=O) groups excluding carboxylic acids is 2. The molecule has 0 saturated heterocycles. The average Bonchev–Trinajstić information content (AvgIpc) is 3.26. The van der Waals surface area contributed by atoms with Crippen molar-refractivity contribution in [3.63, 3.8) is 0 Å². The van der Waals surface area contributed by atoms with Gasteiger partial charge in [0, 0.05) is 26.2 Å². The molecule has 0 heterocycles. The molecule has 10 heteroatoms. The molecular formula is C53H100F6N2O2. The topological polar surface area (TPSA) is 40.6 Å². The van der Waals surface area contributed by atoms with E-state index in [1.807, 2.05) is 0 Å². The summed E-state index contributed by atoms with van der Waals surface area (Å²) in [6, 6.07) is 0. The van der Waals surface area contributed by atoms with Gasteiger partial charge in [-0.05, 0) is 25.7 Å². The molecule has 0 atom stereocenters. The molecule has 0 aliphatic carbocycles. The summed E-state index contributed by atoms with van der Waals surface area (Å²) in [6.45, 7) is 7.84. The van der Waals surface area contributed by atoms with E-state index in [0.29, 0.717) is 61.2 Å². The minimum absolute atomic E-state index is 0.207. The number of rotatable bonds is 48. The normalized spacial score (nSPS) is 12.3. The van der Waals surface area contributed by atoms with Crippen LogP contribution in [0.5, 0.6) is 0 Å². The van der Waals surface area contributed by atoms with E-state index >= 15 is 26.3 Å². The van der Waals surface area contributed by atoms with E-state index in [4.69, 9.17) is 0 Å². The fourth-order valence-electron chi connectivity index (χ4n) is 8.65. The van der Waals surface area contributed by atoms with Gasteiger partial charge >= 0.3 is 17.8 Å². The Labute approximate surface area is 385 Å². The van der Waals surface area contributed by atoms with Crippen molar-refractivity contribution in [3.8, 4) is 0 Å². The van der Waals surface area contributed by atoms with Crippen molar-refractivity contribution in [2.75, 3.05) is 26.2 Å². The number of hydrogen-bond donors (Lipinski definition) is 0. The van der Waals surface area contributed by atoms with Crippen LogP contribution in [-0.4, -0.2) is 65.6 Å². The molecule has 0 aromatic rings. The van der Waals surface area contributed by atoms with Gasteiger partial charge in [0.2, 0.25) is 0 Å². The van der Waals surface area contributed by atoms with Crippen LogP contribution in [0.2, 0.25) is 0 Å². The first kappa shape index (κ1) is 61.5. The first-order valence-corrected chi connectivity index (χ1v) is 27.1. The zero-order valence-corrected chi connectivity index (χ0v) is 41.6. The van der Waals surface area contributed by atoms with Crippen LogP contribution in [0.3, 0.4) is 0 Å². The van der Waals surface area contributed by atoms with E-state index in [1.54, 1.807) is 0 Å². The van der Waals surface area contributed by atoms with E-state index in [0.717, 1.165) is 103 Å². The standard InChI is InChI=1S/C53H100F6N2O2/c1-5-9-13-17-21-25-29-33-37-41-45-60(46-42-38-34-30-26-22-18-14-10-6-2)49(62)51(54,55)53(58,59)52(56,57)50(63)61(47-43-39-35-31-27-23-19-15-11-7-3)48-44-40-36-32-28-24-20-16-12-8-4/h5-48H2,1-4H3. The third kappa shape index (κ3) is 29.0. The van der Waals surface area contributed by atoms with Gasteiger partial charge < -0.3 is 9.80 Å². The van der Waals surface area contributed by atoms with Gasteiger partial charge in [-0.3, -0.25) is 9.59 Å². The van der Waals surface area contributed by atoms with E-state index in [2.05, 4.69) is 27.7 Å². The van der Waals surface area contributed by atoms with Crippen molar-refractivity contribution in [1.82, 2.24) is 9.80 Å². The molecule has 0 aliphatic heterocycles. The summed E-state index contributed by atoms with van der Waals surface area (Å²) in [4.78, 5) is 28.2. The van der Waals surface area contributed by atoms with E-state index < -0.39 is 29.6 Å². The molecule has 0 unspecified atom stereocenters. The van der Waals surface area contributed by atoms with Gasteiger partial charge in [-0.25, -0.2) is 0 Å². The second kappa shape index (κ2) is 40.8. The lowest BCUT2D eigenvalue weighted by Gasteiger charge is -2.36. The molecule has 0 aromatic heterocycles. The van der Waals surface area contributed by atoms with Gasteiger partial charge in [-0.15, -0.1) is 0 Å². The lowest BCUT2D eigenvalue weighted by molar-refractivity contribution is -0.293. The Kier molecular flexibility index (Phi) is 39.8. The number of alkyl halides is 6. The van der Waals surface area contributed by atoms with Crippen LogP contribution in [-0.2, 0) is 9.59 Å². The SMILES string of the molecule is CCCCCCCCCCCCN(CCCCCCCCCCCC)C(=O)C(F)(F)C(F)(F)C(F)(F)C(=O)N(CCCCCCCCCCCC)CCCCCCCCCCCC. The maximum Gasteiger partial charge on any atom is 0.393 e. The van der Waals surface area contributed by atoms with Gasteiger partial charge in [0.05, 0.1) is 0 Å². The average molecular weight is 911 g/mol. The summed E-state index contributed by atoms with van der Waals surface area (Å²) < 4.78 is 94.8. The second-order valence-corrected chi connectivity index (χ2v) is 19.0. The predicted molar refractivity (Wildman–Crippen MR) is 255 cm³/mol. The molecule has 0 radical (unpaired) electrons. The Morgan fingerprint density at radius 3 is 0.571 bits per heavy atom. The third-order valence-corrected chi connectivity index (χ3v) is 13.0. The number of unbranched alkanes of at least 4 members (excludes halogenated alkanes) is 36. The molecule has 0 saturated carbocycles. The monoisotopic (exact) mass is 911 g/mol. The quantitative estimate of drug-likeness (QED) is 0.0451. The van der Waals surface area contributed by atoms with Crippen LogP contribution in [0.1, 0.15) is 285 Å². The Morgan fingerprint density at radius 2 is 0.413 bits per heavy atom. The fourth-order valence-corrected chi connectivity index (χ4v) is 8.65. The fraction of sp³-hybridized carbons (Fsp3) is 0.962. The van der Waals surface area contributed by atoms with Crippen molar-refractivity contribution in [1.29, 1.82) is 0 Å². The summed E-state index contributed by atoms with van der Waals surface area (Å²) >= 11 is 0. The van der Waals surface area contributed by atoms with E-state index in [1.165, 1.54) is 103 Å². The lowest BCUT2D eigenvalue weighted by Crippen LogP contribution is -2.66. The summed E-state index contributed by atoms with van der Waals surface area (Å²) in [5, 5.41) is 0. The molecule has 63 heavy (non-hydrogen) atoms. The number of amides is 2. The van der Waals surface area contributed by atoms with Crippen LogP contribution < -0.4 is 0 Å². The molecule has 2 amide bonds. The van der Waals surface area contributed by atoms with Gasteiger partial charge in [-0.1, -0.05) is 259 Å². The molecule has 0 bridgehead atoms. The highest BCUT2D eigenvalue weighted by atomic mass is 19.3. The predicted octanol–water partition coefficient (Wildman–Crippen LogP) is 18.2. The van der Waals surface area contributed by atoms with Crippen molar-refractivity contribution in [2.45, 2.75) is 302 Å². The highest BCUT2D eigenvalue weighted by Gasteiger charge is 2.78. The van der Waals surface area contributed by atoms with Crippen molar-refractivity contribution in [3.05, 3.63) is 0 Å². The zero-order chi connectivity index (χ0) is 46.9. The van der Waals surface area contributed by atoms with Gasteiger partial charge in [0.15, 0.2) is 0 Å². The molecule has 0 aromatic carbocycles. The number of halogens is 6. The van der Waals surface area contributed by atoms with Crippen molar-refractivity contribution >= 4 is 11.8 Å². The Hall–Kier alpha value is -1.48. The maximum atomic E-state index is 15.8. The van der Waals surface area contributed by atoms with Crippen molar-refractivity contribution < 1.29 is 35.9 Å². The van der Waals surface area contributed by atoms with Crippen molar-refractivity contribution in [2.24, 2.45) is 0 Å². The molecule has 0 aliphatic rings. The number of hydrogen-bond acceptors (Lipinski definition) is 2. The lowest BCUT2D eigenvalue weighted by atomic mass is 10.00. The Bertz CT molecular complexity index is 919. The number of nitrogens with zero attached hydrogens (tertiary/aromatic N) is 2. The Morgan fingerprint density at radius 1 is 0.270 bits per heavy atom. The molecule has 4 nitrogen and oxygen atoms in total. The molecule has 0 fully saturated rings. The molecule has 376 valence electrons. The first-order chi connectivity index (χ1) is 30.4. The van der Waals surface area contributed by atoms with Gasteiger partial charge in [0.25, 0.3) is 11.8 Å². The van der Waals surface area contributed by atoms with E-state index in [9.17, 15) is 9.59 Å². The van der Waals surface area contributed by atoms with Crippen LogP contribution >= 0.6 is 0 Å². The van der Waals surface area contributed by atoms with Gasteiger partial charge in [0.1, 0.15) is 0 Å². The van der Waals surface area contributed by atoms with Crippen LogP contribution in [0.25, 0.3) is 0 Å². The summed E-state index contributed by atoms with van der Waals surface area (Å²) in [7, 11) is 0. The first-order valence-electron chi connectivity index (χ1n) is 27.1. The number of carbonyl (C=O) groups is 2.